The molecule has 1 heterocycles. The SMILES string of the molecule is CC(C)(C)c1[nH]n(-c2cccc(C(F)(F)F)c2)c(=O)c1CN. The zero-order chi connectivity index (χ0) is 16.7. The van der Waals surface area contributed by atoms with Crippen molar-refractivity contribution in [3.8, 4) is 5.69 Å². The minimum Gasteiger partial charge on any atom is -0.326 e. The van der Waals surface area contributed by atoms with Gasteiger partial charge in [-0.25, -0.2) is 4.68 Å². The summed E-state index contributed by atoms with van der Waals surface area (Å²) in [4.78, 5) is 12.4. The molecule has 3 N–H and O–H groups in total. The molecule has 0 aliphatic rings. The molecule has 1 aromatic carbocycles. The molecular formula is C15H18F3N3O. The Balaban J connectivity index is 2.65. The second-order valence-electron chi connectivity index (χ2n) is 6.11. The maximum absolute atomic E-state index is 12.8. The second-order valence-corrected chi connectivity index (χ2v) is 6.11. The maximum atomic E-state index is 12.8. The number of nitrogens with zero attached hydrogens (tertiary/aromatic N) is 1. The first kappa shape index (κ1) is 16.4. The van der Waals surface area contributed by atoms with Gasteiger partial charge in [-0.3, -0.25) is 9.89 Å². The Hall–Kier alpha value is -2.02. The fourth-order valence-corrected chi connectivity index (χ4v) is 2.28. The number of benzene rings is 1. The van der Waals surface area contributed by atoms with E-state index in [1.807, 2.05) is 20.8 Å². The average Bonchev–Trinajstić information content (AvgIpc) is 2.75. The third-order valence-electron chi connectivity index (χ3n) is 3.37. The summed E-state index contributed by atoms with van der Waals surface area (Å²) >= 11 is 0. The van der Waals surface area contributed by atoms with Crippen LogP contribution in [0.2, 0.25) is 0 Å². The van der Waals surface area contributed by atoms with E-state index in [9.17, 15) is 18.0 Å². The Bertz CT molecular complexity index is 736. The molecule has 1 aromatic heterocycles. The zero-order valence-corrected chi connectivity index (χ0v) is 12.6. The first-order valence-corrected chi connectivity index (χ1v) is 6.78. The van der Waals surface area contributed by atoms with Crippen LogP contribution in [0.1, 0.15) is 37.6 Å². The van der Waals surface area contributed by atoms with Gasteiger partial charge in [0.05, 0.1) is 16.8 Å². The molecule has 0 unspecified atom stereocenters. The Morgan fingerprint density at radius 2 is 1.86 bits per heavy atom. The molecule has 120 valence electrons. The largest absolute Gasteiger partial charge is 0.416 e. The van der Waals surface area contributed by atoms with Crippen molar-refractivity contribution in [1.82, 2.24) is 9.78 Å². The number of aromatic amines is 1. The van der Waals surface area contributed by atoms with Gasteiger partial charge in [-0.2, -0.15) is 13.2 Å². The molecule has 0 spiro atoms. The number of rotatable bonds is 2. The van der Waals surface area contributed by atoms with Crippen LogP contribution < -0.4 is 11.3 Å². The van der Waals surface area contributed by atoms with Gasteiger partial charge in [-0.15, -0.1) is 0 Å². The number of nitrogens with two attached hydrogens (primary N) is 1. The van der Waals surface area contributed by atoms with Crippen molar-refractivity contribution in [3.05, 3.63) is 51.4 Å². The maximum Gasteiger partial charge on any atom is 0.416 e. The Morgan fingerprint density at radius 1 is 1.23 bits per heavy atom. The summed E-state index contributed by atoms with van der Waals surface area (Å²) in [5.41, 5.74) is 5.15. The van der Waals surface area contributed by atoms with Gasteiger partial charge in [0.15, 0.2) is 0 Å². The molecule has 0 atom stereocenters. The summed E-state index contributed by atoms with van der Waals surface area (Å²) in [6.45, 7) is 5.71. The standard InChI is InChI=1S/C15H18F3N3O/c1-14(2,3)12-11(8-19)13(22)21(20-12)10-6-4-5-9(7-10)15(16,17)18/h4-7,20H,8,19H2,1-3H3. The molecular weight excluding hydrogens is 295 g/mol. The summed E-state index contributed by atoms with van der Waals surface area (Å²) < 4.78 is 39.5. The fraction of sp³-hybridized carbons (Fsp3) is 0.400. The van der Waals surface area contributed by atoms with E-state index in [0.717, 1.165) is 16.8 Å². The van der Waals surface area contributed by atoms with Crippen molar-refractivity contribution in [2.45, 2.75) is 38.9 Å². The highest BCUT2D eigenvalue weighted by molar-refractivity contribution is 5.38. The van der Waals surface area contributed by atoms with E-state index in [2.05, 4.69) is 5.10 Å². The first-order chi connectivity index (χ1) is 10.1. The van der Waals surface area contributed by atoms with Crippen LogP contribution in [0, 0.1) is 0 Å². The van der Waals surface area contributed by atoms with Gasteiger partial charge >= 0.3 is 6.18 Å². The summed E-state index contributed by atoms with van der Waals surface area (Å²) in [6.07, 6.45) is -4.46. The third-order valence-corrected chi connectivity index (χ3v) is 3.37. The summed E-state index contributed by atoms with van der Waals surface area (Å²) in [7, 11) is 0. The number of hydrogen-bond donors (Lipinski definition) is 2. The van der Waals surface area contributed by atoms with Gasteiger partial charge in [-0.1, -0.05) is 26.8 Å². The number of H-pyrrole nitrogens is 1. The van der Waals surface area contributed by atoms with Crippen molar-refractivity contribution in [2.75, 3.05) is 0 Å². The number of hydrogen-bond acceptors (Lipinski definition) is 2. The van der Waals surface area contributed by atoms with Crippen LogP contribution >= 0.6 is 0 Å². The van der Waals surface area contributed by atoms with Crippen molar-refractivity contribution in [3.63, 3.8) is 0 Å². The fourth-order valence-electron chi connectivity index (χ4n) is 2.28. The van der Waals surface area contributed by atoms with Crippen LogP contribution in [-0.4, -0.2) is 9.78 Å². The van der Waals surface area contributed by atoms with Gasteiger partial charge in [0, 0.05) is 17.7 Å². The average molecular weight is 313 g/mol. The van der Waals surface area contributed by atoms with Crippen molar-refractivity contribution in [1.29, 1.82) is 0 Å². The summed E-state index contributed by atoms with van der Waals surface area (Å²) in [5, 5.41) is 2.89. The lowest BCUT2D eigenvalue weighted by molar-refractivity contribution is -0.137. The molecule has 0 aliphatic carbocycles. The Labute approximate surface area is 125 Å². The molecule has 0 saturated carbocycles. The molecule has 22 heavy (non-hydrogen) atoms. The highest BCUT2D eigenvalue weighted by Gasteiger charge is 2.31. The highest BCUT2D eigenvalue weighted by Crippen LogP contribution is 2.30. The van der Waals surface area contributed by atoms with Crippen molar-refractivity contribution < 1.29 is 13.2 Å². The molecule has 0 bridgehead atoms. The quantitative estimate of drug-likeness (QED) is 0.895. The van der Waals surface area contributed by atoms with Crippen LogP contribution in [0.15, 0.2) is 29.1 Å². The van der Waals surface area contributed by atoms with Gasteiger partial charge in [-0.05, 0) is 18.2 Å². The van der Waals surface area contributed by atoms with Gasteiger partial charge < -0.3 is 5.73 Å². The molecule has 0 saturated heterocycles. The summed E-state index contributed by atoms with van der Waals surface area (Å²) in [6, 6.07) is 4.61. The van der Waals surface area contributed by atoms with Crippen LogP contribution in [0.4, 0.5) is 13.2 Å². The number of aromatic nitrogens is 2. The molecule has 0 fully saturated rings. The topological polar surface area (TPSA) is 63.8 Å². The van der Waals surface area contributed by atoms with E-state index < -0.39 is 17.3 Å². The molecule has 0 aliphatic heterocycles. The molecule has 4 nitrogen and oxygen atoms in total. The Morgan fingerprint density at radius 3 is 2.32 bits per heavy atom. The van der Waals surface area contributed by atoms with Gasteiger partial charge in [0.25, 0.3) is 5.56 Å². The highest BCUT2D eigenvalue weighted by atomic mass is 19.4. The molecule has 2 aromatic rings. The normalized spacial score (nSPS) is 12.7. The molecule has 0 amide bonds. The second kappa shape index (κ2) is 5.31. The lowest BCUT2D eigenvalue weighted by Gasteiger charge is -2.17. The van der Waals surface area contributed by atoms with Crippen LogP contribution in [0.25, 0.3) is 5.69 Å². The smallest absolute Gasteiger partial charge is 0.326 e. The molecule has 7 heteroatoms. The van der Waals surface area contributed by atoms with Crippen molar-refractivity contribution in [2.24, 2.45) is 5.73 Å². The molecule has 0 radical (unpaired) electrons. The predicted octanol–water partition coefficient (Wildman–Crippen LogP) is 2.94. The number of nitrogens with one attached hydrogen (secondary N) is 1. The van der Waals surface area contributed by atoms with Crippen LogP contribution in [0.3, 0.4) is 0 Å². The van der Waals surface area contributed by atoms with E-state index in [4.69, 9.17) is 5.73 Å². The third kappa shape index (κ3) is 2.94. The first-order valence-electron chi connectivity index (χ1n) is 6.78. The van der Waals surface area contributed by atoms with E-state index in [-0.39, 0.29) is 17.6 Å². The van der Waals surface area contributed by atoms with Crippen LogP contribution in [0.5, 0.6) is 0 Å². The minimum atomic E-state index is -4.46. The monoisotopic (exact) mass is 313 g/mol. The summed E-state index contributed by atoms with van der Waals surface area (Å²) in [5.74, 6) is 0. The van der Waals surface area contributed by atoms with E-state index >= 15 is 0 Å². The zero-order valence-electron chi connectivity index (χ0n) is 12.6. The Kier molecular flexibility index (Phi) is 3.95. The van der Waals surface area contributed by atoms with E-state index in [0.29, 0.717) is 11.3 Å². The van der Waals surface area contributed by atoms with E-state index in [1.54, 1.807) is 0 Å². The van der Waals surface area contributed by atoms with Gasteiger partial charge in [0.2, 0.25) is 0 Å². The lowest BCUT2D eigenvalue weighted by atomic mass is 9.89. The number of alkyl halides is 3. The molecule has 2 rings (SSSR count). The number of halogens is 3. The van der Waals surface area contributed by atoms with Gasteiger partial charge in [0.1, 0.15) is 0 Å². The van der Waals surface area contributed by atoms with Crippen molar-refractivity contribution >= 4 is 0 Å². The predicted molar refractivity (Wildman–Crippen MR) is 78.0 cm³/mol. The minimum absolute atomic E-state index is 0.0217. The lowest BCUT2D eigenvalue weighted by Crippen LogP contribution is -2.21. The van der Waals surface area contributed by atoms with Crippen LogP contribution in [-0.2, 0) is 18.1 Å². The van der Waals surface area contributed by atoms with E-state index in [1.165, 1.54) is 12.1 Å².